The molecule has 0 saturated heterocycles. The summed E-state index contributed by atoms with van der Waals surface area (Å²) < 4.78 is 0. The molecule has 0 aliphatic rings. The molecule has 1 unspecified atom stereocenters. The molecule has 0 aliphatic heterocycles. The zero-order valence-corrected chi connectivity index (χ0v) is 12.1. The predicted octanol–water partition coefficient (Wildman–Crippen LogP) is 3.58. The van der Waals surface area contributed by atoms with Crippen LogP contribution in [0.5, 0.6) is 0 Å². The molecule has 1 heterocycles. The van der Waals surface area contributed by atoms with Crippen molar-refractivity contribution in [1.29, 1.82) is 0 Å². The number of rotatable bonds is 3. The van der Waals surface area contributed by atoms with Gasteiger partial charge in [0.1, 0.15) is 0 Å². The maximum atomic E-state index is 12.3. The van der Waals surface area contributed by atoms with E-state index >= 15 is 0 Å². The van der Waals surface area contributed by atoms with Crippen molar-refractivity contribution in [2.24, 2.45) is 11.3 Å². The van der Waals surface area contributed by atoms with E-state index in [0.717, 1.165) is 16.5 Å². The highest BCUT2D eigenvalue weighted by molar-refractivity contribution is 6.06. The molecule has 1 aromatic carbocycles. The van der Waals surface area contributed by atoms with Crippen LogP contribution in [-0.2, 0) is 0 Å². The highest BCUT2D eigenvalue weighted by Gasteiger charge is 2.21. The number of aromatic amines is 1. The number of fused-ring (bicyclic) bond motifs is 1. The summed E-state index contributed by atoms with van der Waals surface area (Å²) in [6, 6.07) is 7.69. The Labute approximate surface area is 114 Å². The number of nitrogens with one attached hydrogen (secondary N) is 2. The third-order valence-electron chi connectivity index (χ3n) is 3.89. The molecular weight excluding hydrogens is 236 g/mol. The van der Waals surface area contributed by atoms with Crippen molar-refractivity contribution in [2.45, 2.75) is 27.7 Å². The Morgan fingerprint density at radius 2 is 2.05 bits per heavy atom. The van der Waals surface area contributed by atoms with E-state index in [2.05, 4.69) is 38.0 Å². The standard InChI is InChI=1S/C16H22N2O/c1-11(16(2,3)4)10-18-15(19)13-6-5-7-14-12(13)8-9-17-14/h5-9,11,17H,10H2,1-4H3,(H,18,19). The maximum absolute atomic E-state index is 12.3. The van der Waals surface area contributed by atoms with Gasteiger partial charge in [0, 0.05) is 29.2 Å². The largest absolute Gasteiger partial charge is 0.361 e. The van der Waals surface area contributed by atoms with Crippen LogP contribution in [-0.4, -0.2) is 17.4 Å². The lowest BCUT2D eigenvalue weighted by atomic mass is 9.82. The van der Waals surface area contributed by atoms with Gasteiger partial charge in [0.2, 0.25) is 0 Å². The third kappa shape index (κ3) is 2.98. The second-order valence-electron chi connectivity index (χ2n) is 6.22. The van der Waals surface area contributed by atoms with Crippen LogP contribution in [0.4, 0.5) is 0 Å². The average Bonchev–Trinajstić information content (AvgIpc) is 2.82. The Kier molecular flexibility index (Phi) is 3.65. The fourth-order valence-corrected chi connectivity index (χ4v) is 1.93. The molecule has 1 amide bonds. The molecule has 0 bridgehead atoms. The summed E-state index contributed by atoms with van der Waals surface area (Å²) in [5, 5.41) is 4.01. The van der Waals surface area contributed by atoms with E-state index in [1.54, 1.807) is 0 Å². The first kappa shape index (κ1) is 13.7. The lowest BCUT2D eigenvalue weighted by molar-refractivity contribution is 0.0938. The number of amides is 1. The van der Waals surface area contributed by atoms with Gasteiger partial charge in [-0.25, -0.2) is 0 Å². The minimum absolute atomic E-state index is 0.00120. The summed E-state index contributed by atoms with van der Waals surface area (Å²) in [5.74, 6) is 0.433. The molecule has 3 heteroatoms. The highest BCUT2D eigenvalue weighted by atomic mass is 16.1. The number of benzene rings is 1. The van der Waals surface area contributed by atoms with Crippen LogP contribution in [0.25, 0.3) is 10.9 Å². The Hall–Kier alpha value is -1.77. The number of aromatic nitrogens is 1. The van der Waals surface area contributed by atoms with Crippen molar-refractivity contribution < 1.29 is 4.79 Å². The molecule has 0 fully saturated rings. The monoisotopic (exact) mass is 258 g/mol. The zero-order chi connectivity index (χ0) is 14.0. The molecule has 3 nitrogen and oxygen atoms in total. The van der Waals surface area contributed by atoms with E-state index < -0.39 is 0 Å². The number of hydrogen-bond acceptors (Lipinski definition) is 1. The number of carbonyl (C=O) groups is 1. The van der Waals surface area contributed by atoms with Crippen molar-refractivity contribution >= 4 is 16.8 Å². The molecule has 1 atom stereocenters. The first-order valence-electron chi connectivity index (χ1n) is 6.74. The maximum Gasteiger partial charge on any atom is 0.251 e. The van der Waals surface area contributed by atoms with Gasteiger partial charge in [-0.05, 0) is 29.5 Å². The Morgan fingerprint density at radius 1 is 1.32 bits per heavy atom. The summed E-state index contributed by atoms with van der Waals surface area (Å²) >= 11 is 0. The average molecular weight is 258 g/mol. The molecule has 2 rings (SSSR count). The fourth-order valence-electron chi connectivity index (χ4n) is 1.93. The lowest BCUT2D eigenvalue weighted by Gasteiger charge is -2.27. The topological polar surface area (TPSA) is 44.9 Å². The molecule has 2 N–H and O–H groups in total. The number of H-pyrrole nitrogens is 1. The summed E-state index contributed by atoms with van der Waals surface area (Å²) in [5.41, 5.74) is 1.93. The van der Waals surface area contributed by atoms with Crippen LogP contribution in [0.15, 0.2) is 30.5 Å². The van der Waals surface area contributed by atoms with Gasteiger partial charge in [-0.3, -0.25) is 4.79 Å². The molecular formula is C16H22N2O. The quantitative estimate of drug-likeness (QED) is 0.868. The summed E-state index contributed by atoms with van der Waals surface area (Å²) in [7, 11) is 0. The van der Waals surface area contributed by atoms with E-state index in [0.29, 0.717) is 12.5 Å². The van der Waals surface area contributed by atoms with Gasteiger partial charge >= 0.3 is 0 Å². The second kappa shape index (κ2) is 5.08. The molecule has 0 aliphatic carbocycles. The van der Waals surface area contributed by atoms with Gasteiger partial charge in [0.25, 0.3) is 5.91 Å². The molecule has 2 aromatic rings. The summed E-state index contributed by atoms with van der Waals surface area (Å²) in [4.78, 5) is 15.4. The normalized spacial score (nSPS) is 13.5. The number of hydrogen-bond donors (Lipinski definition) is 2. The van der Waals surface area contributed by atoms with Gasteiger partial charge < -0.3 is 10.3 Å². The van der Waals surface area contributed by atoms with Crippen LogP contribution in [0.2, 0.25) is 0 Å². The Morgan fingerprint density at radius 3 is 2.74 bits per heavy atom. The molecule has 0 spiro atoms. The van der Waals surface area contributed by atoms with Gasteiger partial charge in [0.15, 0.2) is 0 Å². The predicted molar refractivity (Wildman–Crippen MR) is 79.3 cm³/mol. The smallest absolute Gasteiger partial charge is 0.251 e. The van der Waals surface area contributed by atoms with Gasteiger partial charge in [-0.1, -0.05) is 33.8 Å². The zero-order valence-electron chi connectivity index (χ0n) is 12.1. The second-order valence-corrected chi connectivity index (χ2v) is 6.22. The van der Waals surface area contributed by atoms with E-state index in [4.69, 9.17) is 0 Å². The Balaban J connectivity index is 2.11. The van der Waals surface area contributed by atoms with Crippen molar-refractivity contribution in [2.75, 3.05) is 6.54 Å². The SMILES string of the molecule is CC(CNC(=O)c1cccc2[nH]ccc12)C(C)(C)C. The molecule has 1 aromatic heterocycles. The minimum Gasteiger partial charge on any atom is -0.361 e. The van der Waals surface area contributed by atoms with Crippen LogP contribution in [0, 0.1) is 11.3 Å². The van der Waals surface area contributed by atoms with Crippen molar-refractivity contribution in [3.8, 4) is 0 Å². The van der Waals surface area contributed by atoms with Gasteiger partial charge in [0.05, 0.1) is 0 Å². The first-order chi connectivity index (χ1) is 8.89. The first-order valence-corrected chi connectivity index (χ1v) is 6.74. The summed E-state index contributed by atoms with van der Waals surface area (Å²) in [6.07, 6.45) is 1.86. The van der Waals surface area contributed by atoms with E-state index in [-0.39, 0.29) is 11.3 Å². The summed E-state index contributed by atoms with van der Waals surface area (Å²) in [6.45, 7) is 9.43. The molecule has 19 heavy (non-hydrogen) atoms. The highest BCUT2D eigenvalue weighted by Crippen LogP contribution is 2.24. The van der Waals surface area contributed by atoms with E-state index in [9.17, 15) is 4.79 Å². The van der Waals surface area contributed by atoms with Crippen LogP contribution in [0.1, 0.15) is 38.1 Å². The third-order valence-corrected chi connectivity index (χ3v) is 3.89. The lowest BCUT2D eigenvalue weighted by Crippen LogP contribution is -2.33. The molecule has 0 saturated carbocycles. The van der Waals surface area contributed by atoms with Crippen molar-refractivity contribution in [3.63, 3.8) is 0 Å². The van der Waals surface area contributed by atoms with Gasteiger partial charge in [-0.2, -0.15) is 0 Å². The van der Waals surface area contributed by atoms with Crippen LogP contribution in [0.3, 0.4) is 0 Å². The number of carbonyl (C=O) groups excluding carboxylic acids is 1. The van der Waals surface area contributed by atoms with E-state index in [1.165, 1.54) is 0 Å². The Bertz CT molecular complexity index is 578. The molecule has 0 radical (unpaired) electrons. The van der Waals surface area contributed by atoms with Gasteiger partial charge in [-0.15, -0.1) is 0 Å². The van der Waals surface area contributed by atoms with Crippen LogP contribution < -0.4 is 5.32 Å². The van der Waals surface area contributed by atoms with Crippen molar-refractivity contribution in [3.05, 3.63) is 36.0 Å². The minimum atomic E-state index is 0.00120. The fraction of sp³-hybridized carbons (Fsp3) is 0.438. The molecule has 102 valence electrons. The van der Waals surface area contributed by atoms with Crippen molar-refractivity contribution in [1.82, 2.24) is 10.3 Å². The van der Waals surface area contributed by atoms with Crippen LogP contribution >= 0.6 is 0 Å². The van der Waals surface area contributed by atoms with E-state index in [1.807, 2.05) is 30.5 Å².